The molecule has 0 aliphatic carbocycles. The maximum atomic E-state index is 13.0. The number of ether oxygens (including phenoxy) is 2. The first kappa shape index (κ1) is 25.4. The number of halogens is 1. The van der Waals surface area contributed by atoms with E-state index in [9.17, 15) is 28.4 Å². The summed E-state index contributed by atoms with van der Waals surface area (Å²) in [5.74, 6) is -2.72. The highest BCUT2D eigenvalue weighted by molar-refractivity contribution is 6.26. The van der Waals surface area contributed by atoms with Crippen LogP contribution >= 0.6 is 0 Å². The molecule has 11 heteroatoms. The largest absolute Gasteiger partial charge is 0.379 e. The highest BCUT2D eigenvalue weighted by Gasteiger charge is 2.45. The van der Waals surface area contributed by atoms with E-state index in [2.05, 4.69) is 10.6 Å². The number of nitrogens with one attached hydrogen (secondary N) is 2. The molecule has 184 valence electrons. The first-order valence-corrected chi connectivity index (χ1v) is 11.3. The highest BCUT2D eigenvalue weighted by atomic mass is 19.1. The maximum absolute atomic E-state index is 13.0. The molecule has 3 rings (SSSR count). The molecule has 1 unspecified atom stereocenters. The van der Waals surface area contributed by atoms with Gasteiger partial charge in [0.05, 0.1) is 36.6 Å². The second kappa shape index (κ2) is 12.3. The van der Waals surface area contributed by atoms with E-state index in [0.717, 1.165) is 17.7 Å². The van der Waals surface area contributed by atoms with Crippen LogP contribution in [0.25, 0.3) is 0 Å². The molecule has 1 aromatic rings. The van der Waals surface area contributed by atoms with E-state index in [1.54, 1.807) is 6.07 Å². The van der Waals surface area contributed by atoms with Gasteiger partial charge >= 0.3 is 0 Å². The summed E-state index contributed by atoms with van der Waals surface area (Å²) in [6, 6.07) is 3.50. The van der Waals surface area contributed by atoms with Crippen LogP contribution in [0.2, 0.25) is 0 Å². The normalized spacial score (nSPS) is 17.7. The van der Waals surface area contributed by atoms with Crippen LogP contribution in [0, 0.1) is 0 Å². The minimum Gasteiger partial charge on any atom is -0.379 e. The molecular formula is C23H28FN3O7. The Morgan fingerprint density at radius 3 is 2.53 bits per heavy atom. The zero-order valence-electron chi connectivity index (χ0n) is 18.8. The van der Waals surface area contributed by atoms with Crippen LogP contribution in [0.15, 0.2) is 18.2 Å². The molecular weight excluding hydrogens is 449 g/mol. The molecule has 2 heterocycles. The monoisotopic (exact) mass is 477 g/mol. The lowest BCUT2D eigenvalue weighted by Crippen LogP contribution is -2.54. The molecule has 1 aromatic carbocycles. The van der Waals surface area contributed by atoms with Crippen molar-refractivity contribution < 1.29 is 37.8 Å². The number of unbranched alkanes of at least 4 members (excludes halogenated alkanes) is 2. The van der Waals surface area contributed by atoms with Gasteiger partial charge in [-0.2, -0.15) is 0 Å². The van der Waals surface area contributed by atoms with Crippen molar-refractivity contribution in [1.82, 2.24) is 10.2 Å². The lowest BCUT2D eigenvalue weighted by atomic mass is 10.0. The van der Waals surface area contributed by atoms with E-state index in [1.807, 2.05) is 0 Å². The third-order valence-corrected chi connectivity index (χ3v) is 5.53. The number of piperidine rings is 1. The number of fused-ring (bicyclic) bond motifs is 1. The quantitative estimate of drug-likeness (QED) is 0.326. The Bertz CT molecular complexity index is 952. The molecule has 2 aliphatic heterocycles. The van der Waals surface area contributed by atoms with Gasteiger partial charge in [0, 0.05) is 19.4 Å². The second-order valence-electron chi connectivity index (χ2n) is 7.95. The Hall–Kier alpha value is -3.18. The third-order valence-electron chi connectivity index (χ3n) is 5.53. The summed E-state index contributed by atoms with van der Waals surface area (Å²) in [6.07, 6.45) is 2.44. The number of amides is 5. The maximum Gasteiger partial charge on any atom is 0.264 e. The first-order valence-electron chi connectivity index (χ1n) is 11.3. The molecule has 0 aromatic heterocycles. The third kappa shape index (κ3) is 6.23. The summed E-state index contributed by atoms with van der Waals surface area (Å²) >= 11 is 0. The van der Waals surface area contributed by atoms with E-state index < -0.39 is 36.3 Å². The Kier molecular flexibility index (Phi) is 9.23. The number of carbonyl (C=O) groups excluding carboxylic acids is 5. The minimum atomic E-state index is -1.06. The average molecular weight is 477 g/mol. The van der Waals surface area contributed by atoms with Crippen LogP contribution in [0.3, 0.4) is 0 Å². The number of nitrogens with zero attached hydrogens (tertiary/aromatic N) is 1. The lowest BCUT2D eigenvalue weighted by molar-refractivity contribution is -0.136. The van der Waals surface area contributed by atoms with Crippen molar-refractivity contribution in [3.63, 3.8) is 0 Å². The van der Waals surface area contributed by atoms with E-state index in [0.29, 0.717) is 26.2 Å². The molecule has 34 heavy (non-hydrogen) atoms. The zero-order valence-corrected chi connectivity index (χ0v) is 18.8. The van der Waals surface area contributed by atoms with Crippen LogP contribution in [-0.2, 0) is 23.9 Å². The molecule has 5 amide bonds. The highest BCUT2D eigenvalue weighted by Crippen LogP contribution is 2.32. The first-order chi connectivity index (χ1) is 16.4. The summed E-state index contributed by atoms with van der Waals surface area (Å²) < 4.78 is 22.2. The zero-order chi connectivity index (χ0) is 24.5. The standard InChI is InChI=1S/C23H28FN3O7/c24-10-12-34-14-13-33-11-3-1-2-7-18(28)25-16-6-4-5-15-20(16)23(32)27(22(15)31)17-8-9-19(29)26-21(17)30/h4-6,17H,1-3,7-14H2,(H,25,28)(H,26,29,30). The second-order valence-corrected chi connectivity index (χ2v) is 7.95. The molecule has 2 N–H and O–H groups in total. The predicted octanol–water partition coefficient (Wildman–Crippen LogP) is 1.59. The molecule has 10 nitrogen and oxygen atoms in total. The SMILES string of the molecule is O=C1CCC(N2C(=O)c3cccc(NC(=O)CCCCCOCCOCCF)c3C2=O)C(=O)N1. The van der Waals surface area contributed by atoms with Gasteiger partial charge in [-0.1, -0.05) is 12.5 Å². The predicted molar refractivity (Wildman–Crippen MR) is 118 cm³/mol. The molecule has 1 atom stereocenters. The number of carbonyl (C=O) groups is 5. The number of benzene rings is 1. The van der Waals surface area contributed by atoms with Gasteiger partial charge in [0.1, 0.15) is 12.7 Å². The van der Waals surface area contributed by atoms with E-state index in [4.69, 9.17) is 9.47 Å². The van der Waals surface area contributed by atoms with Crippen molar-refractivity contribution in [2.24, 2.45) is 0 Å². The van der Waals surface area contributed by atoms with Gasteiger partial charge in [0.2, 0.25) is 17.7 Å². The topological polar surface area (TPSA) is 131 Å². The van der Waals surface area contributed by atoms with Gasteiger partial charge in [-0.25, -0.2) is 4.39 Å². The van der Waals surface area contributed by atoms with Crippen LogP contribution in [-0.4, -0.2) is 73.6 Å². The van der Waals surface area contributed by atoms with Crippen molar-refractivity contribution >= 4 is 35.2 Å². The fourth-order valence-electron chi connectivity index (χ4n) is 3.87. The summed E-state index contributed by atoms with van der Waals surface area (Å²) in [5, 5.41) is 4.85. The summed E-state index contributed by atoms with van der Waals surface area (Å²) in [5.41, 5.74) is 0.376. The summed E-state index contributed by atoms with van der Waals surface area (Å²) in [4.78, 5) is 62.7. The Morgan fingerprint density at radius 2 is 1.79 bits per heavy atom. The molecule has 0 spiro atoms. The number of hydrogen-bond donors (Lipinski definition) is 2. The Morgan fingerprint density at radius 1 is 1.03 bits per heavy atom. The van der Waals surface area contributed by atoms with Crippen molar-refractivity contribution in [2.75, 3.05) is 38.4 Å². The van der Waals surface area contributed by atoms with Gasteiger partial charge in [-0.15, -0.1) is 0 Å². The van der Waals surface area contributed by atoms with Gasteiger partial charge in [0.15, 0.2) is 0 Å². The van der Waals surface area contributed by atoms with Gasteiger partial charge in [-0.3, -0.25) is 34.2 Å². The Balaban J connectivity index is 1.48. The van der Waals surface area contributed by atoms with Gasteiger partial charge < -0.3 is 14.8 Å². The number of hydrogen-bond acceptors (Lipinski definition) is 7. The molecule has 1 saturated heterocycles. The van der Waals surface area contributed by atoms with Crippen molar-refractivity contribution in [3.05, 3.63) is 29.3 Å². The minimum absolute atomic E-state index is 0.0331. The van der Waals surface area contributed by atoms with Gasteiger partial charge in [0.25, 0.3) is 11.8 Å². The van der Waals surface area contributed by atoms with E-state index >= 15 is 0 Å². The fourth-order valence-corrected chi connectivity index (χ4v) is 3.87. The van der Waals surface area contributed by atoms with Crippen LogP contribution in [0.4, 0.5) is 10.1 Å². The molecule has 2 aliphatic rings. The van der Waals surface area contributed by atoms with Crippen molar-refractivity contribution in [2.45, 2.75) is 44.6 Å². The number of imide groups is 2. The molecule has 0 bridgehead atoms. The fraction of sp³-hybridized carbons (Fsp3) is 0.522. The summed E-state index contributed by atoms with van der Waals surface area (Å²) in [6.45, 7) is 0.798. The van der Waals surface area contributed by atoms with Crippen LogP contribution in [0.5, 0.6) is 0 Å². The number of anilines is 1. The summed E-state index contributed by atoms with van der Waals surface area (Å²) in [7, 11) is 0. The molecule has 1 fully saturated rings. The molecule has 0 radical (unpaired) electrons. The van der Waals surface area contributed by atoms with Crippen molar-refractivity contribution in [3.8, 4) is 0 Å². The lowest BCUT2D eigenvalue weighted by Gasteiger charge is -2.27. The van der Waals surface area contributed by atoms with Crippen LogP contribution in [0.1, 0.15) is 59.2 Å². The van der Waals surface area contributed by atoms with Gasteiger partial charge in [-0.05, 0) is 31.4 Å². The number of rotatable bonds is 13. The Labute approximate surface area is 196 Å². The van der Waals surface area contributed by atoms with E-state index in [1.165, 1.54) is 12.1 Å². The smallest absolute Gasteiger partial charge is 0.264 e. The number of alkyl halides is 1. The van der Waals surface area contributed by atoms with Crippen molar-refractivity contribution in [1.29, 1.82) is 0 Å². The van der Waals surface area contributed by atoms with E-state index in [-0.39, 0.29) is 48.6 Å². The average Bonchev–Trinajstić information content (AvgIpc) is 3.06. The molecule has 0 saturated carbocycles. The van der Waals surface area contributed by atoms with Crippen LogP contribution < -0.4 is 10.6 Å².